The first-order valence-corrected chi connectivity index (χ1v) is 9.08. The fourth-order valence-corrected chi connectivity index (χ4v) is 5.64. The zero-order valence-electron chi connectivity index (χ0n) is 10.3. The Balaban J connectivity index is 1.98. The Morgan fingerprint density at radius 2 is 1.95 bits per heavy atom. The van der Waals surface area contributed by atoms with E-state index < -0.39 is 36.8 Å². The molecular weight excluding hydrogens is 306 g/mol. The molecule has 0 saturated carbocycles. The lowest BCUT2D eigenvalue weighted by molar-refractivity contribution is 0.0945. The van der Waals surface area contributed by atoms with Gasteiger partial charge in [0.2, 0.25) is 10.0 Å². The normalized spacial score (nSPS) is 21.5. The summed E-state index contributed by atoms with van der Waals surface area (Å²) < 4.78 is 46.2. The van der Waals surface area contributed by atoms with Crippen molar-refractivity contribution in [2.75, 3.05) is 11.5 Å². The highest BCUT2D eigenvalue weighted by Crippen LogP contribution is 2.17. The Kier molecular flexibility index (Phi) is 4.06. The molecule has 1 fully saturated rings. The van der Waals surface area contributed by atoms with Gasteiger partial charge in [-0.1, -0.05) is 0 Å². The molecular formula is C10H13N3O5S2. The standard InChI is InChI=1S/C10H13N3O5S2/c14-10(8-1-4-11-5-2-8)12-13-20(17,18)9-3-6-19(15,16)7-9/h1-2,4-5,9,13H,3,6-7H2,(H,12,14). The van der Waals surface area contributed by atoms with Crippen molar-refractivity contribution >= 4 is 25.8 Å². The molecule has 1 aromatic rings. The molecule has 1 unspecified atom stereocenters. The second-order valence-electron chi connectivity index (χ2n) is 4.36. The highest BCUT2D eigenvalue weighted by molar-refractivity contribution is 7.95. The third-order valence-electron chi connectivity index (χ3n) is 2.88. The van der Waals surface area contributed by atoms with Crippen molar-refractivity contribution in [2.45, 2.75) is 11.7 Å². The number of sulfone groups is 1. The van der Waals surface area contributed by atoms with Crippen LogP contribution in [0.2, 0.25) is 0 Å². The molecule has 1 aromatic heterocycles. The van der Waals surface area contributed by atoms with Gasteiger partial charge in [0.15, 0.2) is 9.84 Å². The van der Waals surface area contributed by atoms with E-state index in [4.69, 9.17) is 0 Å². The van der Waals surface area contributed by atoms with Crippen molar-refractivity contribution < 1.29 is 21.6 Å². The van der Waals surface area contributed by atoms with Gasteiger partial charge in [0.05, 0.1) is 16.8 Å². The number of pyridine rings is 1. The summed E-state index contributed by atoms with van der Waals surface area (Å²) in [5.41, 5.74) is 2.28. The van der Waals surface area contributed by atoms with Crippen molar-refractivity contribution in [2.24, 2.45) is 0 Å². The van der Waals surface area contributed by atoms with Crippen molar-refractivity contribution in [3.63, 3.8) is 0 Å². The molecule has 1 aliphatic rings. The Hall–Kier alpha value is -1.52. The summed E-state index contributed by atoms with van der Waals surface area (Å²) in [7, 11) is -7.22. The summed E-state index contributed by atoms with van der Waals surface area (Å²) in [4.78, 5) is 17.3. The average molecular weight is 319 g/mol. The van der Waals surface area contributed by atoms with Crippen LogP contribution in [0.25, 0.3) is 0 Å². The highest BCUT2D eigenvalue weighted by Gasteiger charge is 2.37. The van der Waals surface area contributed by atoms with Gasteiger partial charge < -0.3 is 0 Å². The van der Waals surface area contributed by atoms with Crippen LogP contribution >= 0.6 is 0 Å². The minimum Gasteiger partial charge on any atom is -0.274 e. The van der Waals surface area contributed by atoms with E-state index in [9.17, 15) is 21.6 Å². The molecule has 1 saturated heterocycles. The first kappa shape index (κ1) is 14.9. The van der Waals surface area contributed by atoms with E-state index in [1.54, 1.807) is 0 Å². The van der Waals surface area contributed by atoms with Gasteiger partial charge >= 0.3 is 0 Å². The molecule has 20 heavy (non-hydrogen) atoms. The number of nitrogens with one attached hydrogen (secondary N) is 2. The minimum absolute atomic E-state index is 0.0305. The molecule has 10 heteroatoms. The summed E-state index contributed by atoms with van der Waals surface area (Å²) in [5, 5.41) is -1.04. The van der Waals surface area contributed by atoms with E-state index >= 15 is 0 Å². The van der Waals surface area contributed by atoms with Gasteiger partial charge in [-0.15, -0.1) is 4.83 Å². The molecule has 2 rings (SSSR count). The van der Waals surface area contributed by atoms with Gasteiger partial charge in [0.1, 0.15) is 0 Å². The van der Waals surface area contributed by atoms with Crippen molar-refractivity contribution in [1.29, 1.82) is 0 Å². The molecule has 0 aliphatic carbocycles. The number of hydrazine groups is 1. The minimum atomic E-state index is -3.91. The smallest absolute Gasteiger partial charge is 0.266 e. The van der Waals surface area contributed by atoms with Crippen LogP contribution in [0.4, 0.5) is 0 Å². The molecule has 1 aliphatic heterocycles. The summed E-state index contributed by atoms with van der Waals surface area (Å²) >= 11 is 0. The number of aromatic nitrogens is 1. The van der Waals surface area contributed by atoms with Crippen molar-refractivity contribution in [1.82, 2.24) is 15.2 Å². The number of amides is 1. The molecule has 8 nitrogen and oxygen atoms in total. The van der Waals surface area contributed by atoms with Crippen LogP contribution in [0.3, 0.4) is 0 Å². The molecule has 0 radical (unpaired) electrons. The lowest BCUT2D eigenvalue weighted by atomic mass is 10.3. The quantitative estimate of drug-likeness (QED) is 0.675. The predicted molar refractivity (Wildman–Crippen MR) is 70.8 cm³/mol. The molecule has 110 valence electrons. The van der Waals surface area contributed by atoms with Crippen LogP contribution in [-0.2, 0) is 19.9 Å². The number of hydrogen-bond acceptors (Lipinski definition) is 6. The summed E-state index contributed by atoms with van der Waals surface area (Å²) in [6, 6.07) is 2.84. The monoisotopic (exact) mass is 319 g/mol. The lowest BCUT2D eigenvalue weighted by Gasteiger charge is -2.12. The third kappa shape index (κ3) is 3.52. The Morgan fingerprint density at radius 3 is 2.50 bits per heavy atom. The first-order valence-electron chi connectivity index (χ1n) is 5.71. The van der Waals surface area contributed by atoms with E-state index in [-0.39, 0.29) is 17.7 Å². The number of hydrogen-bond donors (Lipinski definition) is 2. The molecule has 0 spiro atoms. The average Bonchev–Trinajstić information content (AvgIpc) is 2.78. The van der Waals surface area contributed by atoms with E-state index in [0.29, 0.717) is 0 Å². The molecule has 1 atom stereocenters. The Bertz CT molecular complexity index is 700. The molecule has 0 aromatic carbocycles. The number of carbonyl (C=O) groups is 1. The summed E-state index contributed by atoms with van der Waals surface area (Å²) in [5.74, 6) is -1.22. The summed E-state index contributed by atoms with van der Waals surface area (Å²) in [6.07, 6.45) is 2.82. The van der Waals surface area contributed by atoms with E-state index in [0.717, 1.165) is 0 Å². The molecule has 0 bridgehead atoms. The van der Waals surface area contributed by atoms with Crippen LogP contribution in [0.1, 0.15) is 16.8 Å². The van der Waals surface area contributed by atoms with Crippen molar-refractivity contribution in [3.05, 3.63) is 30.1 Å². The van der Waals surface area contributed by atoms with Crippen LogP contribution in [0.5, 0.6) is 0 Å². The van der Waals surface area contributed by atoms with Crippen LogP contribution in [0.15, 0.2) is 24.5 Å². The fraction of sp³-hybridized carbons (Fsp3) is 0.400. The number of sulfonamides is 1. The van der Waals surface area contributed by atoms with E-state index in [2.05, 4.69) is 4.98 Å². The zero-order chi connectivity index (χ0) is 14.8. The molecule has 2 N–H and O–H groups in total. The zero-order valence-corrected chi connectivity index (χ0v) is 11.9. The van der Waals surface area contributed by atoms with Gasteiger partial charge in [0, 0.05) is 18.0 Å². The summed E-state index contributed by atoms with van der Waals surface area (Å²) in [6.45, 7) is 0. The largest absolute Gasteiger partial charge is 0.274 e. The maximum Gasteiger partial charge on any atom is 0.266 e. The van der Waals surface area contributed by atoms with Gasteiger partial charge in [-0.25, -0.2) is 16.8 Å². The van der Waals surface area contributed by atoms with Crippen molar-refractivity contribution in [3.8, 4) is 0 Å². The van der Waals surface area contributed by atoms with E-state index in [1.807, 2.05) is 10.3 Å². The highest BCUT2D eigenvalue weighted by atomic mass is 32.2. The van der Waals surface area contributed by atoms with Gasteiger partial charge in [-0.2, -0.15) is 0 Å². The maximum absolute atomic E-state index is 11.9. The van der Waals surface area contributed by atoms with Gasteiger partial charge in [-0.3, -0.25) is 15.2 Å². The number of rotatable bonds is 4. The van der Waals surface area contributed by atoms with Crippen LogP contribution < -0.4 is 10.3 Å². The van der Waals surface area contributed by atoms with Crippen LogP contribution in [-0.4, -0.2) is 44.5 Å². The lowest BCUT2D eigenvalue weighted by Crippen LogP contribution is -2.46. The fourth-order valence-electron chi connectivity index (χ4n) is 1.78. The topological polar surface area (TPSA) is 122 Å². The second kappa shape index (κ2) is 5.46. The third-order valence-corrected chi connectivity index (χ3v) is 6.52. The second-order valence-corrected chi connectivity index (χ2v) is 8.55. The Labute approximate surface area is 116 Å². The Morgan fingerprint density at radius 1 is 1.30 bits per heavy atom. The molecule has 1 amide bonds. The predicted octanol–water partition coefficient (Wildman–Crippen LogP) is -1.17. The van der Waals surface area contributed by atoms with Gasteiger partial charge in [0.25, 0.3) is 5.91 Å². The first-order chi connectivity index (χ1) is 9.30. The SMILES string of the molecule is O=C(NNS(=O)(=O)C1CCS(=O)(=O)C1)c1ccncc1. The molecule has 2 heterocycles. The number of nitrogens with zero attached hydrogens (tertiary/aromatic N) is 1. The van der Waals surface area contributed by atoms with E-state index in [1.165, 1.54) is 24.5 Å². The maximum atomic E-state index is 11.9. The number of carbonyl (C=O) groups excluding carboxylic acids is 1. The van der Waals surface area contributed by atoms with Gasteiger partial charge in [-0.05, 0) is 18.6 Å². The van der Waals surface area contributed by atoms with Crippen LogP contribution in [0, 0.1) is 0 Å².